The summed E-state index contributed by atoms with van der Waals surface area (Å²) in [5.74, 6) is 0.258. The van der Waals surface area contributed by atoms with Crippen LogP contribution in [0.5, 0.6) is 11.5 Å². The van der Waals surface area contributed by atoms with Crippen LogP contribution >= 0.6 is 15.9 Å². The number of carbonyl (C=O) groups is 2. The van der Waals surface area contributed by atoms with Gasteiger partial charge in [0.1, 0.15) is 33.9 Å². The number of ether oxygens (including phenoxy) is 3. The number of esters is 1. The molecule has 7 nitrogen and oxygen atoms in total. The van der Waals surface area contributed by atoms with E-state index >= 15 is 0 Å². The highest BCUT2D eigenvalue weighted by Gasteiger charge is 2.23. The standard InChI is InChI=1S/C23H25BrN2O5/c1-22(2,3)30-20(27)17-8-7-15(24)12-18(17)29-16-11-14-9-10-26(19(14)25-13-16)21(28)31-23(4,5)6/h7-13H,1-6H3. The number of hydrogen-bond donors (Lipinski definition) is 0. The fourth-order valence-electron chi connectivity index (χ4n) is 2.73. The Morgan fingerprint density at radius 1 is 0.968 bits per heavy atom. The second-order valence-corrected chi connectivity index (χ2v) is 9.91. The van der Waals surface area contributed by atoms with E-state index in [1.54, 1.807) is 78.1 Å². The van der Waals surface area contributed by atoms with Gasteiger partial charge in [0.25, 0.3) is 0 Å². The zero-order valence-electron chi connectivity index (χ0n) is 18.4. The van der Waals surface area contributed by atoms with E-state index in [9.17, 15) is 9.59 Å². The van der Waals surface area contributed by atoms with E-state index in [1.165, 1.54) is 10.8 Å². The van der Waals surface area contributed by atoms with Gasteiger partial charge in [-0.05, 0) is 71.9 Å². The summed E-state index contributed by atoms with van der Waals surface area (Å²) in [6.07, 6.45) is 2.58. The van der Waals surface area contributed by atoms with Crippen LogP contribution < -0.4 is 4.74 Å². The van der Waals surface area contributed by atoms with Gasteiger partial charge < -0.3 is 14.2 Å². The van der Waals surface area contributed by atoms with Crippen LogP contribution in [-0.2, 0) is 9.47 Å². The maximum atomic E-state index is 12.6. The number of pyridine rings is 1. The molecule has 8 heteroatoms. The van der Waals surface area contributed by atoms with Crippen molar-refractivity contribution < 1.29 is 23.8 Å². The molecule has 0 saturated heterocycles. The van der Waals surface area contributed by atoms with Gasteiger partial charge in [0.15, 0.2) is 0 Å². The van der Waals surface area contributed by atoms with E-state index in [2.05, 4.69) is 20.9 Å². The molecule has 0 amide bonds. The van der Waals surface area contributed by atoms with Crippen LogP contribution in [0.4, 0.5) is 4.79 Å². The van der Waals surface area contributed by atoms with Gasteiger partial charge in [-0.25, -0.2) is 19.1 Å². The predicted molar refractivity (Wildman–Crippen MR) is 121 cm³/mol. The number of fused-ring (bicyclic) bond motifs is 1. The number of rotatable bonds is 3. The average Bonchev–Trinajstić information content (AvgIpc) is 3.02. The van der Waals surface area contributed by atoms with Crippen molar-refractivity contribution in [2.75, 3.05) is 0 Å². The molecule has 0 N–H and O–H groups in total. The van der Waals surface area contributed by atoms with Gasteiger partial charge >= 0.3 is 12.1 Å². The minimum Gasteiger partial charge on any atom is -0.456 e. The molecule has 0 aliphatic carbocycles. The monoisotopic (exact) mass is 488 g/mol. The fraction of sp³-hybridized carbons (Fsp3) is 0.348. The van der Waals surface area contributed by atoms with Crippen molar-refractivity contribution in [3.8, 4) is 11.5 Å². The summed E-state index contributed by atoms with van der Waals surface area (Å²) in [7, 11) is 0. The molecular weight excluding hydrogens is 464 g/mol. The number of halogens is 1. The Morgan fingerprint density at radius 2 is 1.65 bits per heavy atom. The average molecular weight is 489 g/mol. The molecule has 0 saturated carbocycles. The zero-order valence-corrected chi connectivity index (χ0v) is 19.9. The van der Waals surface area contributed by atoms with Crippen LogP contribution in [0.3, 0.4) is 0 Å². The number of aromatic nitrogens is 2. The summed E-state index contributed by atoms with van der Waals surface area (Å²) in [5.41, 5.74) is -0.505. The normalized spacial score (nSPS) is 12.0. The number of hydrogen-bond acceptors (Lipinski definition) is 6. The molecular formula is C23H25BrN2O5. The third-order valence-electron chi connectivity index (χ3n) is 3.88. The molecule has 0 unspecified atom stereocenters. The highest BCUT2D eigenvalue weighted by atomic mass is 79.9. The lowest BCUT2D eigenvalue weighted by molar-refractivity contribution is 0.00668. The maximum absolute atomic E-state index is 12.6. The fourth-order valence-corrected chi connectivity index (χ4v) is 3.07. The van der Waals surface area contributed by atoms with Crippen molar-refractivity contribution in [3.05, 3.63) is 52.8 Å². The number of benzene rings is 1. The molecule has 1 aromatic carbocycles. The summed E-state index contributed by atoms with van der Waals surface area (Å²) < 4.78 is 18.9. The topological polar surface area (TPSA) is 79.7 Å². The molecule has 31 heavy (non-hydrogen) atoms. The van der Waals surface area contributed by atoms with Gasteiger partial charge in [0.2, 0.25) is 0 Å². The van der Waals surface area contributed by atoms with Gasteiger partial charge in [-0.2, -0.15) is 0 Å². The van der Waals surface area contributed by atoms with Gasteiger partial charge in [0.05, 0.1) is 6.20 Å². The Bertz CT molecular complexity index is 1140. The van der Waals surface area contributed by atoms with Crippen LogP contribution in [0, 0.1) is 0 Å². The summed E-state index contributed by atoms with van der Waals surface area (Å²) in [6, 6.07) is 8.56. The molecule has 164 valence electrons. The van der Waals surface area contributed by atoms with Crippen molar-refractivity contribution >= 4 is 39.0 Å². The molecule has 0 radical (unpaired) electrons. The highest BCUT2D eigenvalue weighted by Crippen LogP contribution is 2.31. The van der Waals surface area contributed by atoms with E-state index in [4.69, 9.17) is 14.2 Å². The van der Waals surface area contributed by atoms with Crippen molar-refractivity contribution in [1.82, 2.24) is 9.55 Å². The lowest BCUT2D eigenvalue weighted by atomic mass is 10.1. The van der Waals surface area contributed by atoms with Gasteiger partial charge in [0, 0.05) is 16.1 Å². The first-order valence-corrected chi connectivity index (χ1v) is 10.5. The Labute approximate surface area is 189 Å². The Balaban J connectivity index is 1.90. The molecule has 2 aromatic heterocycles. The molecule has 0 aliphatic heterocycles. The minimum atomic E-state index is -0.632. The summed E-state index contributed by atoms with van der Waals surface area (Å²) >= 11 is 3.40. The Kier molecular flexibility index (Phi) is 6.14. The van der Waals surface area contributed by atoms with E-state index < -0.39 is 23.3 Å². The molecule has 2 heterocycles. The van der Waals surface area contributed by atoms with Gasteiger partial charge in [-0.15, -0.1) is 0 Å². The Hall–Kier alpha value is -2.87. The van der Waals surface area contributed by atoms with E-state index in [-0.39, 0.29) is 0 Å². The van der Waals surface area contributed by atoms with E-state index in [0.29, 0.717) is 28.1 Å². The number of nitrogens with zero attached hydrogens (tertiary/aromatic N) is 2. The molecule has 3 rings (SSSR count). The van der Waals surface area contributed by atoms with Gasteiger partial charge in [-0.3, -0.25) is 0 Å². The molecule has 3 aromatic rings. The third kappa shape index (κ3) is 5.85. The first kappa shape index (κ1) is 22.8. The van der Waals surface area contributed by atoms with Crippen molar-refractivity contribution in [2.24, 2.45) is 0 Å². The molecule has 0 spiro atoms. The molecule has 0 atom stereocenters. The van der Waals surface area contributed by atoms with Crippen LogP contribution in [-0.4, -0.2) is 32.8 Å². The smallest absolute Gasteiger partial charge is 0.420 e. The Morgan fingerprint density at radius 3 is 2.29 bits per heavy atom. The second kappa shape index (κ2) is 8.34. The molecule has 0 aliphatic rings. The predicted octanol–water partition coefficient (Wildman–Crippen LogP) is 6.33. The highest BCUT2D eigenvalue weighted by molar-refractivity contribution is 9.10. The molecule has 0 bridgehead atoms. The largest absolute Gasteiger partial charge is 0.456 e. The lowest BCUT2D eigenvalue weighted by Gasteiger charge is -2.20. The summed E-state index contributed by atoms with van der Waals surface area (Å²) in [4.78, 5) is 29.3. The van der Waals surface area contributed by atoms with E-state index in [0.717, 1.165) is 4.47 Å². The van der Waals surface area contributed by atoms with Crippen LogP contribution in [0.15, 0.2) is 47.2 Å². The van der Waals surface area contributed by atoms with E-state index in [1.807, 2.05) is 0 Å². The summed E-state index contributed by atoms with van der Waals surface area (Å²) in [5, 5.41) is 0.692. The SMILES string of the molecule is CC(C)(C)OC(=O)c1ccc(Br)cc1Oc1cnc2c(ccn2C(=O)OC(C)(C)C)c1. The molecule has 0 fully saturated rings. The van der Waals surface area contributed by atoms with Crippen molar-refractivity contribution in [3.63, 3.8) is 0 Å². The van der Waals surface area contributed by atoms with Crippen LogP contribution in [0.1, 0.15) is 51.9 Å². The third-order valence-corrected chi connectivity index (χ3v) is 4.38. The zero-order chi connectivity index (χ0) is 23.0. The minimum absolute atomic E-state index is 0.296. The van der Waals surface area contributed by atoms with Crippen LogP contribution in [0.2, 0.25) is 0 Å². The second-order valence-electron chi connectivity index (χ2n) is 8.99. The maximum Gasteiger partial charge on any atom is 0.420 e. The first-order chi connectivity index (χ1) is 14.3. The van der Waals surface area contributed by atoms with Gasteiger partial charge in [-0.1, -0.05) is 15.9 Å². The number of carbonyl (C=O) groups excluding carboxylic acids is 2. The van der Waals surface area contributed by atoms with Crippen molar-refractivity contribution in [1.29, 1.82) is 0 Å². The van der Waals surface area contributed by atoms with Crippen LogP contribution in [0.25, 0.3) is 11.0 Å². The lowest BCUT2D eigenvalue weighted by Crippen LogP contribution is -2.26. The van der Waals surface area contributed by atoms with Crippen molar-refractivity contribution in [2.45, 2.75) is 52.7 Å². The first-order valence-electron chi connectivity index (χ1n) is 9.74. The summed E-state index contributed by atoms with van der Waals surface area (Å²) in [6.45, 7) is 10.8. The quantitative estimate of drug-likeness (QED) is 0.400.